The van der Waals surface area contributed by atoms with E-state index in [1.807, 2.05) is 43.7 Å². The van der Waals surface area contributed by atoms with E-state index >= 15 is 0 Å². The Labute approximate surface area is 161 Å². The third-order valence-corrected chi connectivity index (χ3v) is 3.96. The summed E-state index contributed by atoms with van der Waals surface area (Å²) in [5.41, 5.74) is 1.46. The molecular weight excluding hydrogens is 340 g/mol. The van der Waals surface area contributed by atoms with Gasteiger partial charge in [0.1, 0.15) is 11.6 Å². The van der Waals surface area contributed by atoms with Crippen LogP contribution in [0.25, 0.3) is 0 Å². The molecule has 1 aromatic heterocycles. The first-order valence-corrected chi connectivity index (χ1v) is 9.00. The van der Waals surface area contributed by atoms with Crippen molar-refractivity contribution in [1.82, 2.24) is 9.78 Å². The van der Waals surface area contributed by atoms with Gasteiger partial charge in [0.25, 0.3) is 5.91 Å². The number of aromatic nitrogens is 2. The number of carbonyl (C=O) groups is 1. The van der Waals surface area contributed by atoms with Gasteiger partial charge in [-0.2, -0.15) is 10.4 Å². The molecule has 0 aliphatic carbocycles. The summed E-state index contributed by atoms with van der Waals surface area (Å²) in [6.45, 7) is 12.3. The Morgan fingerprint density at radius 3 is 2.33 bits per heavy atom. The van der Waals surface area contributed by atoms with Gasteiger partial charge in [-0.3, -0.25) is 4.79 Å². The van der Waals surface area contributed by atoms with E-state index in [-0.39, 0.29) is 23.5 Å². The fraction of sp³-hybridized carbons (Fsp3) is 0.476. The van der Waals surface area contributed by atoms with Crippen molar-refractivity contribution in [2.24, 2.45) is 0 Å². The topological polar surface area (TPSA) is 79.9 Å². The second-order valence-electron chi connectivity index (χ2n) is 8.56. The number of hydrogen-bond acceptors (Lipinski definition) is 4. The minimum absolute atomic E-state index is 0.0994. The number of anilines is 1. The number of rotatable bonds is 5. The van der Waals surface area contributed by atoms with Crippen molar-refractivity contribution >= 4 is 11.7 Å². The molecule has 0 unspecified atom stereocenters. The predicted octanol–water partition coefficient (Wildman–Crippen LogP) is 4.02. The maximum absolute atomic E-state index is 12.4. The van der Waals surface area contributed by atoms with Gasteiger partial charge in [0.2, 0.25) is 0 Å². The van der Waals surface area contributed by atoms with Gasteiger partial charge in [-0.15, -0.1) is 0 Å². The minimum atomic E-state index is -0.260. The molecule has 1 aromatic carbocycles. The van der Waals surface area contributed by atoms with Crippen molar-refractivity contribution in [1.29, 1.82) is 5.26 Å². The van der Waals surface area contributed by atoms with Crippen LogP contribution in [0.3, 0.4) is 0 Å². The first kappa shape index (κ1) is 20.5. The number of ether oxygens (including phenoxy) is 1. The molecule has 6 heteroatoms. The van der Waals surface area contributed by atoms with Crippen LogP contribution in [-0.2, 0) is 22.2 Å². The number of benzene rings is 1. The Morgan fingerprint density at radius 2 is 1.81 bits per heavy atom. The predicted molar refractivity (Wildman–Crippen MR) is 106 cm³/mol. The molecule has 27 heavy (non-hydrogen) atoms. The molecule has 1 N–H and O–H groups in total. The summed E-state index contributed by atoms with van der Waals surface area (Å²) < 4.78 is 7.38. The lowest BCUT2D eigenvalue weighted by Crippen LogP contribution is -2.28. The Morgan fingerprint density at radius 1 is 1.19 bits per heavy atom. The summed E-state index contributed by atoms with van der Waals surface area (Å²) in [6.07, 6.45) is 0.355. The van der Waals surface area contributed by atoms with Crippen LogP contribution < -0.4 is 10.1 Å². The summed E-state index contributed by atoms with van der Waals surface area (Å²) in [5.74, 6) is 0.999. The summed E-state index contributed by atoms with van der Waals surface area (Å²) in [6, 6.07) is 11.2. The van der Waals surface area contributed by atoms with Crippen molar-refractivity contribution in [2.75, 3.05) is 11.9 Å². The highest BCUT2D eigenvalue weighted by molar-refractivity contribution is 5.91. The molecule has 1 amide bonds. The van der Waals surface area contributed by atoms with Gasteiger partial charge < -0.3 is 10.1 Å². The molecule has 0 radical (unpaired) electrons. The standard InChI is InChI=1S/C21H28N4O2/c1-20(2,3)17-13-18(25(24-17)21(4,5)6)23-19(26)14-27-16-9-7-15(8-10-16)11-12-22/h7-10,13H,11,14H2,1-6H3,(H,23,26). The Bertz CT molecular complexity index is 831. The van der Waals surface area contributed by atoms with Crippen LogP contribution in [0.1, 0.15) is 52.8 Å². The largest absolute Gasteiger partial charge is 0.484 e. The van der Waals surface area contributed by atoms with E-state index in [0.717, 1.165) is 11.3 Å². The summed E-state index contributed by atoms with van der Waals surface area (Å²) in [7, 11) is 0. The zero-order valence-corrected chi connectivity index (χ0v) is 17.0. The number of nitrogens with one attached hydrogen (secondary N) is 1. The van der Waals surface area contributed by atoms with Gasteiger partial charge in [-0.25, -0.2) is 4.68 Å². The highest BCUT2D eigenvalue weighted by Gasteiger charge is 2.25. The first-order chi connectivity index (χ1) is 12.5. The van der Waals surface area contributed by atoms with Crippen LogP contribution in [0.15, 0.2) is 30.3 Å². The third-order valence-electron chi connectivity index (χ3n) is 3.96. The lowest BCUT2D eigenvalue weighted by atomic mass is 9.92. The van der Waals surface area contributed by atoms with E-state index < -0.39 is 0 Å². The summed E-state index contributed by atoms with van der Waals surface area (Å²) >= 11 is 0. The van der Waals surface area contributed by atoms with E-state index in [4.69, 9.17) is 10.00 Å². The van der Waals surface area contributed by atoms with Gasteiger partial charge in [0.05, 0.1) is 23.7 Å². The monoisotopic (exact) mass is 368 g/mol. The molecular formula is C21H28N4O2. The Balaban J connectivity index is 2.06. The second kappa shape index (κ2) is 7.83. The van der Waals surface area contributed by atoms with Crippen LogP contribution in [0, 0.1) is 11.3 Å². The van der Waals surface area contributed by atoms with E-state index in [0.29, 0.717) is 18.0 Å². The fourth-order valence-electron chi connectivity index (χ4n) is 2.47. The number of nitrogens with zero attached hydrogens (tertiary/aromatic N) is 3. The quantitative estimate of drug-likeness (QED) is 0.864. The molecule has 0 spiro atoms. The van der Waals surface area contributed by atoms with Gasteiger partial charge in [0, 0.05) is 11.5 Å². The fourth-order valence-corrected chi connectivity index (χ4v) is 2.47. The average molecular weight is 368 g/mol. The molecule has 2 aromatic rings. The van der Waals surface area contributed by atoms with Crippen LogP contribution in [0.5, 0.6) is 5.75 Å². The van der Waals surface area contributed by atoms with E-state index in [2.05, 4.69) is 37.3 Å². The van der Waals surface area contributed by atoms with Gasteiger partial charge in [-0.1, -0.05) is 32.9 Å². The SMILES string of the molecule is CC(C)(C)c1cc(NC(=O)COc2ccc(CC#N)cc2)n(C(C)(C)C)n1. The molecule has 0 fully saturated rings. The zero-order chi connectivity index (χ0) is 20.2. The molecule has 0 saturated carbocycles. The molecule has 2 rings (SSSR count). The highest BCUT2D eigenvalue weighted by atomic mass is 16.5. The van der Waals surface area contributed by atoms with Crippen LogP contribution in [0.2, 0.25) is 0 Å². The van der Waals surface area contributed by atoms with Crippen LogP contribution in [0.4, 0.5) is 5.82 Å². The van der Waals surface area contributed by atoms with E-state index in [1.165, 1.54) is 0 Å². The van der Waals surface area contributed by atoms with E-state index in [9.17, 15) is 4.79 Å². The highest BCUT2D eigenvalue weighted by Crippen LogP contribution is 2.28. The summed E-state index contributed by atoms with van der Waals surface area (Å²) in [5, 5.41) is 16.3. The molecule has 0 aliphatic rings. The molecule has 6 nitrogen and oxygen atoms in total. The number of carbonyl (C=O) groups excluding carboxylic acids is 1. The van der Waals surface area contributed by atoms with E-state index in [1.54, 1.807) is 12.1 Å². The normalized spacial score (nSPS) is 11.7. The average Bonchev–Trinajstić information content (AvgIpc) is 2.99. The second-order valence-corrected chi connectivity index (χ2v) is 8.56. The molecule has 144 valence electrons. The minimum Gasteiger partial charge on any atom is -0.484 e. The molecule has 0 aliphatic heterocycles. The van der Waals surface area contributed by atoms with Crippen LogP contribution in [-0.4, -0.2) is 22.3 Å². The lowest BCUT2D eigenvalue weighted by Gasteiger charge is -2.23. The van der Waals surface area contributed by atoms with Gasteiger partial charge in [0.15, 0.2) is 6.61 Å². The van der Waals surface area contributed by atoms with Gasteiger partial charge >= 0.3 is 0 Å². The number of nitriles is 1. The molecule has 1 heterocycles. The van der Waals surface area contributed by atoms with Crippen molar-refractivity contribution < 1.29 is 9.53 Å². The maximum atomic E-state index is 12.4. The molecule has 0 atom stereocenters. The first-order valence-electron chi connectivity index (χ1n) is 9.00. The van der Waals surface area contributed by atoms with Crippen molar-refractivity contribution in [2.45, 2.75) is 58.9 Å². The Hall–Kier alpha value is -2.81. The summed E-state index contributed by atoms with van der Waals surface area (Å²) in [4.78, 5) is 12.4. The van der Waals surface area contributed by atoms with Crippen molar-refractivity contribution in [3.63, 3.8) is 0 Å². The maximum Gasteiger partial charge on any atom is 0.263 e. The molecule has 0 bridgehead atoms. The van der Waals surface area contributed by atoms with Crippen LogP contribution >= 0.6 is 0 Å². The van der Waals surface area contributed by atoms with Crippen molar-refractivity contribution in [3.8, 4) is 11.8 Å². The zero-order valence-electron chi connectivity index (χ0n) is 17.0. The Kier molecular flexibility index (Phi) is 5.94. The third kappa shape index (κ3) is 5.58. The number of hydrogen-bond donors (Lipinski definition) is 1. The number of amides is 1. The smallest absolute Gasteiger partial charge is 0.263 e. The van der Waals surface area contributed by atoms with Crippen molar-refractivity contribution in [3.05, 3.63) is 41.6 Å². The lowest BCUT2D eigenvalue weighted by molar-refractivity contribution is -0.118. The van der Waals surface area contributed by atoms with Gasteiger partial charge in [-0.05, 0) is 38.5 Å². The molecule has 0 saturated heterocycles.